The third kappa shape index (κ3) is 4.05. The van der Waals surface area contributed by atoms with Crippen LogP contribution in [0.15, 0.2) is 65.3 Å². The zero-order chi connectivity index (χ0) is 23.7. The molecule has 0 bridgehead atoms. The molecule has 170 valence electrons. The molecule has 5 rings (SSSR count). The minimum Gasteiger partial charge on any atom is -0.465 e. The van der Waals surface area contributed by atoms with Crippen molar-refractivity contribution in [2.24, 2.45) is 0 Å². The topological polar surface area (TPSA) is 81.4 Å². The summed E-state index contributed by atoms with van der Waals surface area (Å²) in [6, 6.07) is 14.0. The third-order valence-corrected chi connectivity index (χ3v) is 5.57. The summed E-state index contributed by atoms with van der Waals surface area (Å²) in [5, 5.41) is 2.71. The van der Waals surface area contributed by atoms with Gasteiger partial charge in [-0.05, 0) is 60.4 Å². The van der Waals surface area contributed by atoms with Crippen molar-refractivity contribution in [3.63, 3.8) is 0 Å². The van der Waals surface area contributed by atoms with E-state index in [9.17, 15) is 18.4 Å². The highest BCUT2D eigenvalue weighted by Gasteiger charge is 2.28. The van der Waals surface area contributed by atoms with E-state index in [1.54, 1.807) is 30.5 Å². The molecule has 2 aromatic carbocycles. The van der Waals surface area contributed by atoms with Crippen molar-refractivity contribution in [1.29, 1.82) is 0 Å². The Bertz CT molecular complexity index is 1420. The minimum absolute atomic E-state index is 0.327. The lowest BCUT2D eigenvalue weighted by molar-refractivity contribution is -0.119. The summed E-state index contributed by atoms with van der Waals surface area (Å²) in [6.07, 6.45) is 4.69. The molecular formula is C26H18F2N2O4. The maximum absolute atomic E-state index is 13.8. The predicted octanol–water partition coefficient (Wildman–Crippen LogP) is 5.39. The monoisotopic (exact) mass is 460 g/mol. The van der Waals surface area contributed by atoms with Crippen molar-refractivity contribution in [1.82, 2.24) is 4.98 Å². The first kappa shape index (κ1) is 21.5. The van der Waals surface area contributed by atoms with Crippen molar-refractivity contribution >= 4 is 40.1 Å². The van der Waals surface area contributed by atoms with Crippen LogP contribution < -0.4 is 5.32 Å². The summed E-state index contributed by atoms with van der Waals surface area (Å²) in [7, 11) is 0. The number of hydrogen-bond acceptors (Lipinski definition) is 5. The standard InChI is InChI=1S/C26H18F2N2O4/c27-19-7-3-8-20(28)25(19)30-22(31)14-34-26(32)23-17-6-1-2-9-21(17)29-24-15(10-11-18(23)24)13-16-5-4-12-33-16/h1-9,12-13H,10-11,14H2,(H,30,31)/b15-13+. The highest BCUT2D eigenvalue weighted by molar-refractivity contribution is 6.08. The number of halogens is 2. The summed E-state index contributed by atoms with van der Waals surface area (Å²) >= 11 is 0. The van der Waals surface area contributed by atoms with E-state index in [1.165, 1.54) is 6.07 Å². The van der Waals surface area contributed by atoms with Gasteiger partial charge in [-0.2, -0.15) is 0 Å². The van der Waals surface area contributed by atoms with Crippen LogP contribution in [0.2, 0.25) is 0 Å². The number of furan rings is 1. The molecule has 0 atom stereocenters. The van der Waals surface area contributed by atoms with Crippen LogP contribution in [0.25, 0.3) is 22.6 Å². The maximum atomic E-state index is 13.8. The van der Waals surface area contributed by atoms with E-state index in [1.807, 2.05) is 18.2 Å². The Morgan fingerprint density at radius 3 is 2.59 bits per heavy atom. The number of carbonyl (C=O) groups is 2. The second kappa shape index (κ2) is 8.90. The van der Waals surface area contributed by atoms with E-state index in [0.717, 1.165) is 23.3 Å². The van der Waals surface area contributed by atoms with Crippen molar-refractivity contribution < 1.29 is 27.5 Å². The van der Waals surface area contributed by atoms with Crippen molar-refractivity contribution in [2.45, 2.75) is 12.8 Å². The van der Waals surface area contributed by atoms with E-state index in [-0.39, 0.29) is 0 Å². The van der Waals surface area contributed by atoms with Crippen molar-refractivity contribution in [3.05, 3.63) is 95.1 Å². The van der Waals surface area contributed by atoms with E-state index in [0.29, 0.717) is 40.8 Å². The molecule has 1 N–H and O–H groups in total. The van der Waals surface area contributed by atoms with Gasteiger partial charge in [0.1, 0.15) is 23.1 Å². The number of pyridine rings is 1. The largest absolute Gasteiger partial charge is 0.465 e. The van der Waals surface area contributed by atoms with Gasteiger partial charge in [-0.25, -0.2) is 18.6 Å². The van der Waals surface area contributed by atoms with Crippen LogP contribution in [0.3, 0.4) is 0 Å². The highest BCUT2D eigenvalue weighted by atomic mass is 19.1. The number of amides is 1. The molecule has 1 aliphatic carbocycles. The number of esters is 1. The zero-order valence-corrected chi connectivity index (χ0v) is 17.8. The van der Waals surface area contributed by atoms with Gasteiger partial charge in [0.25, 0.3) is 5.91 Å². The fourth-order valence-electron chi connectivity index (χ4n) is 4.05. The van der Waals surface area contributed by atoms with Gasteiger partial charge in [-0.1, -0.05) is 24.3 Å². The smallest absolute Gasteiger partial charge is 0.339 e. The van der Waals surface area contributed by atoms with Gasteiger partial charge in [-0.15, -0.1) is 0 Å². The Labute approximate surface area is 192 Å². The second-order valence-electron chi connectivity index (χ2n) is 7.74. The lowest BCUT2D eigenvalue weighted by Crippen LogP contribution is -2.22. The number of carbonyl (C=O) groups excluding carboxylic acids is 2. The van der Waals surface area contributed by atoms with Crippen LogP contribution in [0.1, 0.15) is 33.8 Å². The molecule has 2 aromatic heterocycles. The fraction of sp³-hybridized carbons (Fsp3) is 0.115. The minimum atomic E-state index is -0.923. The summed E-state index contributed by atoms with van der Waals surface area (Å²) in [5.74, 6) is -2.73. The Kier molecular flexibility index (Phi) is 5.63. The van der Waals surface area contributed by atoms with Crippen LogP contribution in [0.4, 0.5) is 14.5 Å². The number of para-hydroxylation sites is 2. The van der Waals surface area contributed by atoms with Gasteiger partial charge in [0.2, 0.25) is 0 Å². The van der Waals surface area contributed by atoms with Gasteiger partial charge in [-0.3, -0.25) is 4.79 Å². The molecule has 0 fully saturated rings. The lowest BCUT2D eigenvalue weighted by Gasteiger charge is -2.13. The number of anilines is 1. The third-order valence-electron chi connectivity index (χ3n) is 5.57. The number of hydrogen-bond donors (Lipinski definition) is 1. The Morgan fingerprint density at radius 2 is 1.82 bits per heavy atom. The van der Waals surface area contributed by atoms with Gasteiger partial charge in [0.15, 0.2) is 6.61 Å². The van der Waals surface area contributed by atoms with Crippen LogP contribution in [-0.2, 0) is 16.0 Å². The summed E-state index contributed by atoms with van der Waals surface area (Å²) in [4.78, 5) is 30.1. The summed E-state index contributed by atoms with van der Waals surface area (Å²) in [5.41, 5.74) is 2.68. The Morgan fingerprint density at radius 1 is 1.03 bits per heavy atom. The summed E-state index contributed by atoms with van der Waals surface area (Å²) in [6.45, 7) is -0.701. The average Bonchev–Trinajstić information content (AvgIpc) is 3.49. The number of fused-ring (bicyclic) bond motifs is 2. The fourth-order valence-corrected chi connectivity index (χ4v) is 4.05. The number of aromatic nitrogens is 1. The SMILES string of the molecule is O=C(COC(=O)c1c2c(nc3ccccc13)/C(=C/c1ccco1)CC2)Nc1c(F)cccc1F. The molecule has 0 saturated carbocycles. The van der Waals surface area contributed by atoms with E-state index in [2.05, 4.69) is 5.32 Å². The lowest BCUT2D eigenvalue weighted by atomic mass is 10.0. The molecule has 34 heavy (non-hydrogen) atoms. The molecule has 1 aliphatic rings. The van der Waals surface area contributed by atoms with Gasteiger partial charge < -0.3 is 14.5 Å². The second-order valence-corrected chi connectivity index (χ2v) is 7.74. The average molecular weight is 460 g/mol. The van der Waals surface area contributed by atoms with Gasteiger partial charge >= 0.3 is 5.97 Å². The molecular weight excluding hydrogens is 442 g/mol. The van der Waals surface area contributed by atoms with Crippen molar-refractivity contribution in [3.8, 4) is 0 Å². The Balaban J connectivity index is 1.43. The molecule has 0 unspecified atom stereocenters. The number of allylic oxidation sites excluding steroid dienone is 1. The molecule has 4 aromatic rings. The molecule has 8 heteroatoms. The van der Waals surface area contributed by atoms with Crippen LogP contribution in [-0.4, -0.2) is 23.5 Å². The van der Waals surface area contributed by atoms with E-state index in [4.69, 9.17) is 14.1 Å². The quantitative estimate of drug-likeness (QED) is 0.404. The Hall–Kier alpha value is -4.33. The molecule has 1 amide bonds. The highest BCUT2D eigenvalue weighted by Crippen LogP contribution is 2.37. The van der Waals surface area contributed by atoms with E-state index >= 15 is 0 Å². The number of benzene rings is 2. The zero-order valence-electron chi connectivity index (χ0n) is 17.8. The van der Waals surface area contributed by atoms with Gasteiger partial charge in [0, 0.05) is 5.39 Å². The molecule has 0 aliphatic heterocycles. The number of nitrogens with one attached hydrogen (secondary N) is 1. The molecule has 0 radical (unpaired) electrons. The molecule has 0 spiro atoms. The van der Waals surface area contributed by atoms with Crippen LogP contribution in [0.5, 0.6) is 0 Å². The van der Waals surface area contributed by atoms with Crippen LogP contribution in [0, 0.1) is 11.6 Å². The van der Waals surface area contributed by atoms with Crippen LogP contribution >= 0.6 is 0 Å². The maximum Gasteiger partial charge on any atom is 0.339 e. The molecule has 6 nitrogen and oxygen atoms in total. The van der Waals surface area contributed by atoms with Gasteiger partial charge in [0.05, 0.1) is 23.0 Å². The predicted molar refractivity (Wildman–Crippen MR) is 122 cm³/mol. The number of ether oxygens (including phenoxy) is 1. The first-order chi connectivity index (χ1) is 16.5. The number of nitrogens with zero attached hydrogens (tertiary/aromatic N) is 1. The summed E-state index contributed by atoms with van der Waals surface area (Å²) < 4.78 is 38.2. The van der Waals surface area contributed by atoms with Crippen molar-refractivity contribution in [2.75, 3.05) is 11.9 Å². The van der Waals surface area contributed by atoms with E-state index < -0.39 is 35.8 Å². The first-order valence-corrected chi connectivity index (χ1v) is 10.6. The number of rotatable bonds is 5. The molecule has 0 saturated heterocycles. The normalized spacial score (nSPS) is 13.8. The molecule has 2 heterocycles. The first-order valence-electron chi connectivity index (χ1n) is 10.6.